The first-order chi connectivity index (χ1) is 5.27. The molecule has 0 saturated heterocycles. The van der Waals surface area contributed by atoms with Crippen LogP contribution in [0.1, 0.15) is 27.2 Å². The molecule has 1 atom stereocenters. The maximum atomic E-state index is 4.06. The molecule has 0 aromatic heterocycles. The van der Waals surface area contributed by atoms with Crippen molar-refractivity contribution < 1.29 is 0 Å². The second kappa shape index (κ2) is 3.44. The van der Waals surface area contributed by atoms with Gasteiger partial charge in [-0.15, -0.1) is 5.01 Å². The van der Waals surface area contributed by atoms with Crippen LogP contribution in [0, 0.1) is 6.19 Å². The maximum absolute atomic E-state index is 4.06. The molecule has 0 spiro atoms. The molecule has 1 N–H and O–H groups in total. The smallest absolute Gasteiger partial charge is 0.106 e. The zero-order valence-electron chi connectivity index (χ0n) is 7.33. The molecule has 1 heterocycles. The maximum Gasteiger partial charge on any atom is 0.431 e. The van der Waals surface area contributed by atoms with Crippen LogP contribution < -0.4 is 5.53 Å². The molecule has 0 aliphatic carbocycles. The zero-order chi connectivity index (χ0) is 8.27. The van der Waals surface area contributed by atoms with Gasteiger partial charge < -0.3 is 0 Å². The minimum atomic E-state index is 0.430. The predicted octanol–water partition coefficient (Wildman–Crippen LogP) is 1.05. The van der Waals surface area contributed by atoms with Crippen LogP contribution in [-0.4, -0.2) is 22.7 Å². The first-order valence-electron chi connectivity index (χ1n) is 4.07. The highest BCUT2D eigenvalue weighted by Gasteiger charge is 2.25. The number of nitrogens with one attached hydrogen (secondary N) is 1. The van der Waals surface area contributed by atoms with Crippen LogP contribution in [0.4, 0.5) is 0 Å². The minimum Gasteiger partial charge on any atom is -0.106 e. The number of nitrogens with zero attached hydrogens (tertiary/aromatic N) is 3. The van der Waals surface area contributed by atoms with Crippen molar-refractivity contribution >= 4 is 0 Å². The van der Waals surface area contributed by atoms with E-state index in [1.165, 1.54) is 0 Å². The van der Waals surface area contributed by atoms with Gasteiger partial charge in [-0.1, -0.05) is 6.92 Å². The summed E-state index contributed by atoms with van der Waals surface area (Å²) in [4.78, 5) is 4.06. The van der Waals surface area contributed by atoms with Crippen molar-refractivity contribution in [3.63, 3.8) is 0 Å². The van der Waals surface area contributed by atoms with E-state index >= 15 is 0 Å². The summed E-state index contributed by atoms with van der Waals surface area (Å²) in [6.45, 7) is 7.19. The Bertz CT molecular complexity index is 181. The number of hydrazine groups is 2. The topological polar surface area (TPSA) is 22.9 Å². The monoisotopic (exact) mass is 155 g/mol. The molecule has 1 unspecified atom stereocenters. The third-order valence-electron chi connectivity index (χ3n) is 1.82. The van der Waals surface area contributed by atoms with Gasteiger partial charge in [-0.2, -0.15) is 0 Å². The molecule has 0 aromatic rings. The second-order valence-corrected chi connectivity index (χ2v) is 2.65. The largest absolute Gasteiger partial charge is 0.431 e. The van der Waals surface area contributed by atoms with Gasteiger partial charge in [-0.25, -0.2) is 0 Å². The molecule has 0 fully saturated rings. The summed E-state index contributed by atoms with van der Waals surface area (Å²) in [6, 6.07) is 0.430. The van der Waals surface area contributed by atoms with Crippen molar-refractivity contribution in [1.29, 1.82) is 0 Å². The number of hydrogen-bond donors (Lipinski definition) is 1. The molecule has 11 heavy (non-hydrogen) atoms. The Hall–Kier alpha value is -0.950. The molecule has 4 nitrogen and oxygen atoms in total. The van der Waals surface area contributed by atoms with E-state index in [0.717, 1.165) is 13.0 Å². The first kappa shape index (κ1) is 8.15. The Morgan fingerprint density at radius 2 is 2.27 bits per heavy atom. The van der Waals surface area contributed by atoms with E-state index in [1.54, 1.807) is 0 Å². The molecule has 4 heteroatoms. The van der Waals surface area contributed by atoms with Gasteiger partial charge in [-0.3, -0.25) is 0 Å². The van der Waals surface area contributed by atoms with Crippen LogP contribution in [0.25, 0.3) is 4.95 Å². The molecule has 0 saturated carbocycles. The van der Waals surface area contributed by atoms with E-state index in [-0.39, 0.29) is 0 Å². The Morgan fingerprint density at radius 1 is 1.55 bits per heavy atom. The Kier molecular flexibility index (Phi) is 2.55. The highest BCUT2D eigenvalue weighted by atomic mass is 15.9. The molecular weight excluding hydrogens is 140 g/mol. The van der Waals surface area contributed by atoms with E-state index in [2.05, 4.69) is 37.5 Å². The Morgan fingerprint density at radius 3 is 2.73 bits per heavy atom. The fourth-order valence-electron chi connectivity index (χ4n) is 0.782. The molecule has 1 aliphatic heterocycles. The fourth-order valence-corrected chi connectivity index (χ4v) is 0.782. The van der Waals surface area contributed by atoms with Crippen LogP contribution >= 0.6 is 0 Å². The van der Waals surface area contributed by atoms with Crippen LogP contribution in [0.5, 0.6) is 0 Å². The van der Waals surface area contributed by atoms with Gasteiger partial charge in [0.25, 0.3) is 0 Å². The average molecular weight is 155 g/mol. The Balaban J connectivity index is 2.39. The summed E-state index contributed by atoms with van der Waals surface area (Å²) in [5.41, 5.74) is 3.08. The van der Waals surface area contributed by atoms with E-state index < -0.39 is 0 Å². The molecule has 62 valence electrons. The van der Waals surface area contributed by atoms with Crippen molar-refractivity contribution in [3.05, 3.63) is 4.95 Å². The molecule has 0 radical (unpaired) electrons. The summed E-state index contributed by atoms with van der Waals surface area (Å²) in [5, 5.41) is 3.65. The van der Waals surface area contributed by atoms with Crippen molar-refractivity contribution in [1.82, 2.24) is 15.7 Å². The summed E-state index contributed by atoms with van der Waals surface area (Å²) in [6.07, 6.45) is 3.92. The van der Waals surface area contributed by atoms with Crippen LogP contribution in [-0.2, 0) is 0 Å². The van der Waals surface area contributed by atoms with Crippen LogP contribution in [0.2, 0.25) is 0 Å². The minimum absolute atomic E-state index is 0.430. The summed E-state index contributed by atoms with van der Waals surface area (Å²) in [7, 11) is 0. The fraction of sp³-hybridized carbons (Fsp3) is 0.857. The quantitative estimate of drug-likeness (QED) is 0.616. The van der Waals surface area contributed by atoms with Gasteiger partial charge in [0.2, 0.25) is 0 Å². The van der Waals surface area contributed by atoms with E-state index in [4.69, 9.17) is 0 Å². The van der Waals surface area contributed by atoms with Crippen molar-refractivity contribution in [2.75, 3.05) is 6.54 Å². The first-order valence-corrected chi connectivity index (χ1v) is 4.07. The summed E-state index contributed by atoms with van der Waals surface area (Å²) in [5.74, 6) is 0. The van der Waals surface area contributed by atoms with Gasteiger partial charge in [0.1, 0.15) is 6.54 Å². The predicted molar refractivity (Wildman–Crippen MR) is 44.4 cm³/mol. The SMILES string of the molecule is CCC(C)N1[N+]#CN(CC)N1. The lowest BCUT2D eigenvalue weighted by molar-refractivity contribution is 0.103. The molecule has 0 aromatic carbocycles. The molecule has 0 amide bonds. The third-order valence-corrected chi connectivity index (χ3v) is 1.82. The number of hydrogen-bond acceptors (Lipinski definition) is 3. The summed E-state index contributed by atoms with van der Waals surface area (Å²) >= 11 is 0. The van der Waals surface area contributed by atoms with Crippen LogP contribution in [0.15, 0.2) is 0 Å². The Labute approximate surface area is 67.5 Å². The van der Waals surface area contributed by atoms with E-state index in [0.29, 0.717) is 6.04 Å². The van der Waals surface area contributed by atoms with Gasteiger partial charge >= 0.3 is 6.19 Å². The van der Waals surface area contributed by atoms with Crippen molar-refractivity contribution in [3.8, 4) is 6.19 Å². The third kappa shape index (κ3) is 1.75. The summed E-state index contributed by atoms with van der Waals surface area (Å²) < 4.78 is 0. The number of rotatable bonds is 3. The lowest BCUT2D eigenvalue weighted by atomic mass is 10.3. The van der Waals surface area contributed by atoms with Gasteiger partial charge in [-0.05, 0) is 35.9 Å². The highest BCUT2D eigenvalue weighted by Crippen LogP contribution is 2.04. The van der Waals surface area contributed by atoms with Gasteiger partial charge in [0.15, 0.2) is 0 Å². The van der Waals surface area contributed by atoms with Crippen LogP contribution in [0.3, 0.4) is 0 Å². The normalized spacial score (nSPS) is 18.1. The molecular formula is C7H15N4+. The van der Waals surface area contributed by atoms with Gasteiger partial charge in [0.05, 0.1) is 6.04 Å². The van der Waals surface area contributed by atoms with Gasteiger partial charge in [0, 0.05) is 0 Å². The van der Waals surface area contributed by atoms with E-state index in [1.807, 2.05) is 10.1 Å². The second-order valence-electron chi connectivity index (χ2n) is 2.65. The highest BCUT2D eigenvalue weighted by molar-refractivity contribution is 4.88. The average Bonchev–Trinajstić information content (AvgIpc) is 2.50. The lowest BCUT2D eigenvalue weighted by Gasteiger charge is -2.13. The standard InChI is InChI=1S/C7H15N4/c1-4-7(3)11-8-6-10(5-2)9-11/h7,9H,4-5H2,1-3H3/q+1. The molecule has 0 bridgehead atoms. The van der Waals surface area contributed by atoms with Crippen molar-refractivity contribution in [2.24, 2.45) is 0 Å². The zero-order valence-corrected chi connectivity index (χ0v) is 7.33. The lowest BCUT2D eigenvalue weighted by Crippen LogP contribution is -2.43. The van der Waals surface area contributed by atoms with Crippen molar-refractivity contribution in [2.45, 2.75) is 33.2 Å². The molecule has 1 aliphatic rings. The van der Waals surface area contributed by atoms with E-state index in [9.17, 15) is 0 Å². The molecule has 1 rings (SSSR count).